The molecule has 2 aromatic heterocycles. The van der Waals surface area contributed by atoms with Gasteiger partial charge in [-0.15, -0.1) is 10.2 Å². The van der Waals surface area contributed by atoms with E-state index >= 15 is 0 Å². The van der Waals surface area contributed by atoms with E-state index in [1.165, 1.54) is 11.1 Å². The molecule has 5 aromatic rings. The lowest BCUT2D eigenvalue weighted by Crippen LogP contribution is -2.50. The fourth-order valence-electron chi connectivity index (χ4n) is 4.79. The Labute approximate surface area is 223 Å². The Morgan fingerprint density at radius 1 is 0.947 bits per heavy atom. The zero-order valence-corrected chi connectivity index (χ0v) is 21.9. The first kappa shape index (κ1) is 25.4. The molecule has 0 saturated heterocycles. The minimum Gasteiger partial charge on any atom is -0.361 e. The topological polar surface area (TPSA) is 102 Å². The van der Waals surface area contributed by atoms with Crippen LogP contribution in [0.2, 0.25) is 0 Å². The highest BCUT2D eigenvalue weighted by atomic mass is 16.2. The van der Waals surface area contributed by atoms with Gasteiger partial charge in [0, 0.05) is 36.6 Å². The van der Waals surface area contributed by atoms with Crippen LogP contribution < -0.4 is 11.1 Å². The van der Waals surface area contributed by atoms with Gasteiger partial charge in [0.25, 0.3) is 0 Å². The molecule has 3 aromatic carbocycles. The van der Waals surface area contributed by atoms with Gasteiger partial charge in [-0.05, 0) is 43.0 Å². The molecule has 5 rings (SSSR count). The third-order valence-electron chi connectivity index (χ3n) is 6.89. The van der Waals surface area contributed by atoms with Gasteiger partial charge in [0.05, 0.1) is 11.5 Å². The van der Waals surface area contributed by atoms with Crippen LogP contribution in [0.4, 0.5) is 0 Å². The van der Waals surface area contributed by atoms with Gasteiger partial charge in [0.15, 0.2) is 0 Å². The summed E-state index contributed by atoms with van der Waals surface area (Å²) >= 11 is 0. The highest BCUT2D eigenvalue weighted by Crippen LogP contribution is 2.31. The number of nitrogens with two attached hydrogens (primary N) is 1. The van der Waals surface area contributed by atoms with Gasteiger partial charge in [-0.1, -0.05) is 78.9 Å². The molecular weight excluding hydrogens is 472 g/mol. The van der Waals surface area contributed by atoms with E-state index in [-0.39, 0.29) is 11.8 Å². The summed E-state index contributed by atoms with van der Waals surface area (Å²) in [5.41, 5.74) is 9.64. The molecule has 0 aliphatic heterocycles. The maximum Gasteiger partial charge on any atom is 0.239 e. The summed E-state index contributed by atoms with van der Waals surface area (Å²) in [6.07, 6.45) is 3.53. The van der Waals surface area contributed by atoms with Crippen molar-refractivity contribution >= 4 is 16.8 Å². The molecule has 0 aliphatic rings. The molecule has 7 heteroatoms. The number of aromatic nitrogens is 4. The van der Waals surface area contributed by atoms with Gasteiger partial charge in [-0.3, -0.25) is 4.79 Å². The number of rotatable bonds is 10. The Morgan fingerprint density at radius 2 is 1.61 bits per heavy atom. The van der Waals surface area contributed by atoms with Crippen molar-refractivity contribution in [2.24, 2.45) is 5.73 Å². The number of nitrogens with one attached hydrogen (secondary N) is 2. The molecule has 0 radical (unpaired) electrons. The molecule has 0 spiro atoms. The van der Waals surface area contributed by atoms with Crippen LogP contribution >= 0.6 is 0 Å². The quantitative estimate of drug-likeness (QED) is 0.258. The van der Waals surface area contributed by atoms with Crippen molar-refractivity contribution in [3.05, 3.63) is 119 Å². The van der Waals surface area contributed by atoms with E-state index in [1.54, 1.807) is 13.8 Å². The van der Waals surface area contributed by atoms with Crippen molar-refractivity contribution in [2.45, 2.75) is 44.7 Å². The number of benzene rings is 3. The van der Waals surface area contributed by atoms with Crippen LogP contribution in [0.15, 0.2) is 91.1 Å². The molecule has 0 bridgehead atoms. The van der Waals surface area contributed by atoms with Crippen LogP contribution in [-0.4, -0.2) is 37.7 Å². The Bertz CT molecular complexity index is 1500. The van der Waals surface area contributed by atoms with Crippen molar-refractivity contribution in [3.63, 3.8) is 0 Å². The molecule has 0 unspecified atom stereocenters. The first-order chi connectivity index (χ1) is 18.4. The van der Waals surface area contributed by atoms with E-state index < -0.39 is 5.54 Å². The molecule has 2 heterocycles. The highest BCUT2D eigenvalue weighted by molar-refractivity contribution is 5.86. The predicted molar refractivity (Wildman–Crippen MR) is 151 cm³/mol. The van der Waals surface area contributed by atoms with E-state index in [0.717, 1.165) is 41.1 Å². The van der Waals surface area contributed by atoms with E-state index in [2.05, 4.69) is 68.5 Å². The number of nitrogens with zero attached hydrogens (tertiary/aromatic N) is 3. The van der Waals surface area contributed by atoms with Crippen molar-refractivity contribution < 1.29 is 4.79 Å². The molecule has 0 saturated carbocycles. The van der Waals surface area contributed by atoms with E-state index in [4.69, 9.17) is 10.8 Å². The highest BCUT2D eigenvalue weighted by Gasteiger charge is 2.28. The number of hydrogen-bond acceptors (Lipinski definition) is 4. The molecule has 194 valence electrons. The van der Waals surface area contributed by atoms with Gasteiger partial charge < -0.3 is 20.6 Å². The van der Waals surface area contributed by atoms with Crippen LogP contribution in [0.25, 0.3) is 10.9 Å². The number of carbonyl (C=O) groups is 1. The van der Waals surface area contributed by atoms with Crippen LogP contribution in [0, 0.1) is 0 Å². The predicted octanol–water partition coefficient (Wildman–Crippen LogP) is 4.58. The monoisotopic (exact) mass is 506 g/mol. The minimum atomic E-state index is -0.982. The van der Waals surface area contributed by atoms with Crippen molar-refractivity contribution in [1.82, 2.24) is 25.1 Å². The van der Waals surface area contributed by atoms with Crippen LogP contribution in [0.1, 0.15) is 48.1 Å². The maximum absolute atomic E-state index is 12.8. The number of aromatic amines is 1. The van der Waals surface area contributed by atoms with Crippen molar-refractivity contribution in [3.8, 4) is 0 Å². The second kappa shape index (κ2) is 11.0. The molecule has 1 amide bonds. The molecule has 7 nitrogen and oxygen atoms in total. The Morgan fingerprint density at radius 3 is 2.32 bits per heavy atom. The third kappa shape index (κ3) is 5.68. The molecule has 0 aliphatic carbocycles. The summed E-state index contributed by atoms with van der Waals surface area (Å²) in [4.78, 5) is 16.2. The van der Waals surface area contributed by atoms with Crippen LogP contribution in [-0.2, 0) is 24.2 Å². The summed E-state index contributed by atoms with van der Waals surface area (Å²) in [5.74, 6) is 1.30. The summed E-state index contributed by atoms with van der Waals surface area (Å²) in [6, 6.07) is 28.9. The molecular formula is C31H34N6O. The number of fused-ring (bicyclic) bond motifs is 1. The second-order valence-corrected chi connectivity index (χ2v) is 10.3. The lowest BCUT2D eigenvalue weighted by Gasteiger charge is -2.22. The Hall–Kier alpha value is -4.23. The zero-order chi connectivity index (χ0) is 26.5. The molecule has 1 atom stereocenters. The number of para-hydroxylation sites is 1. The average molecular weight is 507 g/mol. The number of amides is 1. The maximum atomic E-state index is 12.8. The van der Waals surface area contributed by atoms with E-state index in [1.807, 2.05) is 42.6 Å². The number of carbonyl (C=O) groups excluding carboxylic acids is 1. The van der Waals surface area contributed by atoms with Gasteiger partial charge in [-0.25, -0.2) is 0 Å². The lowest BCUT2D eigenvalue weighted by molar-refractivity contribution is -0.125. The summed E-state index contributed by atoms with van der Waals surface area (Å²) in [7, 11) is 0. The normalized spacial score (nSPS) is 12.5. The number of hydrogen-bond donors (Lipinski definition) is 3. The summed E-state index contributed by atoms with van der Waals surface area (Å²) in [6.45, 7) is 4.51. The van der Waals surface area contributed by atoms with Crippen molar-refractivity contribution in [2.75, 3.05) is 6.54 Å². The second-order valence-electron chi connectivity index (χ2n) is 10.3. The fraction of sp³-hybridized carbons (Fsp3) is 0.258. The van der Waals surface area contributed by atoms with E-state index in [0.29, 0.717) is 13.0 Å². The van der Waals surface area contributed by atoms with Crippen molar-refractivity contribution in [1.29, 1.82) is 0 Å². The number of H-pyrrole nitrogens is 1. The lowest BCUT2D eigenvalue weighted by atomic mass is 9.96. The number of aryl methyl sites for hydroxylation is 1. The molecule has 0 fully saturated rings. The fourth-order valence-corrected chi connectivity index (χ4v) is 4.79. The van der Waals surface area contributed by atoms with Gasteiger partial charge in [0.1, 0.15) is 11.6 Å². The van der Waals surface area contributed by atoms with E-state index in [9.17, 15) is 4.79 Å². The Kier molecular flexibility index (Phi) is 7.38. The Balaban J connectivity index is 1.56. The van der Waals surface area contributed by atoms with Gasteiger partial charge in [0.2, 0.25) is 5.91 Å². The SMILES string of the molecule is CC(C)(N)C(=O)NC[C@@H](c1c[nH]c2ccccc12)c1nnc(Cc2ccccc2)n1CCc1ccccc1. The first-order valence-corrected chi connectivity index (χ1v) is 13.0. The summed E-state index contributed by atoms with van der Waals surface area (Å²) in [5, 5.41) is 13.6. The standard InChI is InChI=1S/C31H34N6O/c1-31(2,32)30(38)34-21-26(25-20-33-27-16-10-9-15-24(25)27)29-36-35-28(19-23-13-7-4-8-14-23)37(29)18-17-22-11-5-3-6-12-22/h3-16,20,26,33H,17-19,21,32H2,1-2H3,(H,34,38)/t26-/m0/s1. The van der Waals surface area contributed by atoms with Gasteiger partial charge in [-0.2, -0.15) is 0 Å². The van der Waals surface area contributed by atoms with Crippen LogP contribution in [0.5, 0.6) is 0 Å². The zero-order valence-electron chi connectivity index (χ0n) is 21.9. The van der Waals surface area contributed by atoms with Gasteiger partial charge >= 0.3 is 0 Å². The molecule has 4 N–H and O–H groups in total. The largest absolute Gasteiger partial charge is 0.361 e. The third-order valence-corrected chi connectivity index (χ3v) is 6.89. The first-order valence-electron chi connectivity index (χ1n) is 13.0. The minimum absolute atomic E-state index is 0.206. The average Bonchev–Trinajstić information content (AvgIpc) is 3.53. The summed E-state index contributed by atoms with van der Waals surface area (Å²) < 4.78 is 2.23. The van der Waals surface area contributed by atoms with Crippen LogP contribution in [0.3, 0.4) is 0 Å². The molecule has 38 heavy (non-hydrogen) atoms. The smallest absolute Gasteiger partial charge is 0.239 e.